The van der Waals surface area contributed by atoms with Gasteiger partial charge in [-0.15, -0.1) is 0 Å². The van der Waals surface area contributed by atoms with Crippen molar-refractivity contribution in [3.8, 4) is 58.7 Å². The number of pyridine rings is 2. The minimum Gasteiger partial charge on any atom is -0.493 e. The molecule has 2 saturated heterocycles. The highest BCUT2D eigenvalue weighted by Gasteiger charge is 2.35. The van der Waals surface area contributed by atoms with E-state index in [4.69, 9.17) is 70.6 Å². The number of Topliss-reactive ketones (excluding diaryl/α,β-unsaturated/α-hetero) is 1. The van der Waals surface area contributed by atoms with Crippen LogP contribution in [0.15, 0.2) is 250 Å². The number of nitrogens with one attached hydrogen (secondary N) is 8. The number of ketones is 2. The van der Waals surface area contributed by atoms with Crippen LogP contribution in [0.1, 0.15) is 68.7 Å². The van der Waals surface area contributed by atoms with E-state index in [0.29, 0.717) is 145 Å². The molecule has 0 bridgehead atoms. The zero-order valence-corrected chi connectivity index (χ0v) is 85.3. The van der Waals surface area contributed by atoms with E-state index in [1.54, 1.807) is 99.4 Å². The Balaban J connectivity index is 0.000000153. The molecule has 8 aromatic carbocycles. The first-order valence-electron chi connectivity index (χ1n) is 48.9. The summed E-state index contributed by atoms with van der Waals surface area (Å²) in [5.41, 5.74) is 10.5. The number of fused-ring (bicyclic) bond motifs is 6. The molecule has 0 aliphatic carbocycles. The molecule has 2 aliphatic rings. The predicted molar refractivity (Wildman–Crippen MR) is 577 cm³/mol. The molecule has 150 heavy (non-hydrogen) atoms. The van der Waals surface area contributed by atoms with Crippen molar-refractivity contribution in [1.82, 2.24) is 64.5 Å². The Morgan fingerprint density at radius 1 is 0.547 bits per heavy atom. The number of benzene rings is 8. The van der Waals surface area contributed by atoms with E-state index in [0.717, 1.165) is 176 Å². The van der Waals surface area contributed by atoms with Crippen molar-refractivity contribution in [1.29, 1.82) is 10.5 Å². The van der Waals surface area contributed by atoms with Gasteiger partial charge in [-0.25, -0.2) is 34.7 Å². The number of aromatic amines is 4. The fourth-order valence-corrected chi connectivity index (χ4v) is 16.9. The zero-order valence-electron chi connectivity index (χ0n) is 83.8. The van der Waals surface area contributed by atoms with Gasteiger partial charge in [-0.05, 0) is 173 Å². The molecule has 2 unspecified atom stereocenters. The van der Waals surface area contributed by atoms with Crippen LogP contribution in [-0.2, 0) is 56.2 Å². The second kappa shape index (κ2) is 53.5. The van der Waals surface area contributed by atoms with E-state index in [1.165, 1.54) is 43.7 Å². The molecule has 38 heteroatoms. The molecule has 0 radical (unpaired) electrons. The predicted octanol–water partition coefficient (Wildman–Crippen LogP) is 19.5. The number of ether oxygens (including phenoxy) is 10. The standard InChI is InChI=1S/C34H35N7O4.C33H33N7O5.C28H23Cl2N3O4.C17H23N3O3/c42-27(8-4-5-13-41-14-16-44-17-15-41)10-12-32(43)40-31-20-28-30(21-35-31)36-23-37-34(28)38-26-9-11-29-25(18-26)19-33(39-29)45-22-24-6-2-1-3-7-24;41-30(9-10-32(42)44-14-4-11-40-12-15-43-16-13-40)39-29-19-26-28(20-34-29)35-22-36-33(26)37-25-7-8-27-24(17-25)18-31(38-27)45-21-23-5-2-1-3-6-23;1-16-4-6-20(7-5-16)33(3)28(35)23(15-31)27(34)17(2)36-21-8-10-22(11-9-21)37-25-13-18-12-19(29)14-24(30)26(18)32-25;1-5-20(6-2)7-8-23-17-13(11-18)12-9-15(21-3)16(22-4)10-14(12)19-17/h1-3,6-7,9-12,18-21,23,39H,4-5,8,13-17,22H2,(H,35,40,43)(H,36,37,38);1-3,5-10,17-20,22,38H,4,11-16,21H2,(H,34,39,41)(H,35,36,37);4-14,17,23,32H,1-3H3;9-10,19H,5-8H2,1-4H3/b12-10+;10-9+;;. The number of aromatic nitrogens is 10. The van der Waals surface area contributed by atoms with Gasteiger partial charge < -0.3 is 98.4 Å². The largest absolute Gasteiger partial charge is 0.493 e. The van der Waals surface area contributed by atoms with Gasteiger partial charge in [-0.2, -0.15) is 10.5 Å². The van der Waals surface area contributed by atoms with Crippen LogP contribution in [0, 0.1) is 35.5 Å². The van der Waals surface area contributed by atoms with E-state index in [-0.39, 0.29) is 18.2 Å². The van der Waals surface area contributed by atoms with Gasteiger partial charge in [-0.1, -0.05) is 115 Å². The molecule has 0 spiro atoms. The number of carbonyl (C=O) groups excluding carboxylic acids is 6. The summed E-state index contributed by atoms with van der Waals surface area (Å²) in [6, 6.07) is 65.8. The maximum Gasteiger partial charge on any atom is 0.330 e. The van der Waals surface area contributed by atoms with E-state index < -0.39 is 41.5 Å². The molecule has 36 nitrogen and oxygen atoms in total. The van der Waals surface area contributed by atoms with Crippen molar-refractivity contribution < 1.29 is 76.1 Å². The Morgan fingerprint density at radius 2 is 1.09 bits per heavy atom. The minimum atomic E-state index is -1.49. The lowest BCUT2D eigenvalue weighted by Crippen LogP contribution is -2.41. The lowest BCUT2D eigenvalue weighted by molar-refractivity contribution is -0.138. The van der Waals surface area contributed by atoms with Gasteiger partial charge in [0.2, 0.25) is 17.7 Å². The molecule has 16 aromatic rings. The highest BCUT2D eigenvalue weighted by molar-refractivity contribution is 6.38. The van der Waals surface area contributed by atoms with Crippen LogP contribution in [0.4, 0.5) is 40.3 Å². The number of amides is 3. The molecule has 2 atom stereocenters. The maximum absolute atomic E-state index is 12.9. The number of nitrogens with zero attached hydrogens (tertiary/aromatic N) is 12. The van der Waals surface area contributed by atoms with Crippen molar-refractivity contribution >= 4 is 164 Å². The molecule has 772 valence electrons. The normalized spacial score (nSPS) is 13.0. The lowest BCUT2D eigenvalue weighted by atomic mass is 10.00. The summed E-state index contributed by atoms with van der Waals surface area (Å²) >= 11 is 12.3. The molecule has 8 N–H and O–H groups in total. The molecular weight excluding hydrogens is 1950 g/mol. The van der Waals surface area contributed by atoms with Crippen molar-refractivity contribution in [3.05, 3.63) is 282 Å². The summed E-state index contributed by atoms with van der Waals surface area (Å²) in [6.45, 7) is 20.6. The number of halogens is 2. The Kier molecular flexibility index (Phi) is 38.3. The Morgan fingerprint density at radius 3 is 1.65 bits per heavy atom. The average Bonchev–Trinajstić information content (AvgIpc) is 1.57. The van der Waals surface area contributed by atoms with E-state index in [1.807, 2.05) is 140 Å². The number of unbranched alkanes of at least 4 members (excludes halogenated alkanes) is 1. The Bertz CT molecular complexity index is 7240. The first-order valence-corrected chi connectivity index (χ1v) is 49.6. The van der Waals surface area contributed by atoms with Gasteiger partial charge in [0.25, 0.3) is 5.91 Å². The highest BCUT2D eigenvalue weighted by atomic mass is 35.5. The monoisotopic (exact) mass is 2060 g/mol. The number of aryl methyl sites for hydroxylation is 1. The van der Waals surface area contributed by atoms with Crippen LogP contribution in [0.2, 0.25) is 10.0 Å². The number of likely N-dealkylation sites (N-methyl/N-ethyl adjacent to an activating group) is 1. The summed E-state index contributed by atoms with van der Waals surface area (Å²) in [5, 5.41) is 37.0. The topological polar surface area (TPSA) is 444 Å². The van der Waals surface area contributed by atoms with Crippen LogP contribution in [0.3, 0.4) is 0 Å². The number of morpholine rings is 2. The van der Waals surface area contributed by atoms with Gasteiger partial charge >= 0.3 is 5.97 Å². The SMILES string of the molecule is CCN(CC)CCOc1[nH]c2cc(OC)c(OC)cc2c1C#N.Cc1ccc(N(C)C(=O)C(C#N)C(=O)C(C)Oc2ccc(Oc3cc4cc(Cl)cc(Cl)c4[nH]3)cc2)cc1.O=C(/C=C/C(=O)Nc1cc2c(Nc3ccc4[nH]c(OCc5ccccc5)cc4c3)ncnc2cn1)CCCCN1CCOCC1.O=C(/C=C/C(=O)OCCCN1CCOCC1)Nc1cc2c(Nc3ccc4[nH]c(OCc5ccccc5)cc4c3)ncnc2cn1. The third-order valence-corrected chi connectivity index (χ3v) is 25.0. The summed E-state index contributed by atoms with van der Waals surface area (Å²) in [7, 11) is 4.69. The first kappa shape index (κ1) is 107. The zero-order chi connectivity index (χ0) is 105. The fraction of sp³-hybridized carbons (Fsp3) is 0.268. The molecule has 2 fully saturated rings. The Labute approximate surface area is 875 Å². The quantitative estimate of drug-likeness (QED) is 0.00763. The molecule has 18 rings (SSSR count). The summed E-state index contributed by atoms with van der Waals surface area (Å²) in [5.74, 6) is 1.83. The Hall–Kier alpha value is -16.8. The van der Waals surface area contributed by atoms with Crippen LogP contribution < -0.4 is 59.3 Å². The van der Waals surface area contributed by atoms with Gasteiger partial charge in [-0.3, -0.25) is 33.8 Å². The van der Waals surface area contributed by atoms with Crippen molar-refractivity contribution in [2.75, 3.05) is 146 Å². The minimum absolute atomic E-state index is 0.0762. The number of allylic oxidation sites excluding steroid dienone is 1. The maximum atomic E-state index is 12.9. The molecule has 2 aliphatic heterocycles. The second-order valence-electron chi connectivity index (χ2n) is 34.9. The van der Waals surface area contributed by atoms with Crippen molar-refractivity contribution in [2.24, 2.45) is 5.92 Å². The van der Waals surface area contributed by atoms with E-state index in [9.17, 15) is 39.3 Å². The number of nitriles is 2. The lowest BCUT2D eigenvalue weighted by Gasteiger charge is -2.26. The molecule has 0 saturated carbocycles. The van der Waals surface area contributed by atoms with Gasteiger partial charge in [0, 0.05) is 161 Å². The molecule has 3 amide bonds. The number of H-pyrrole nitrogens is 4. The number of carbonyl (C=O) groups is 6. The number of methoxy groups -OCH3 is 2. The number of esters is 1. The van der Waals surface area contributed by atoms with Gasteiger partial charge in [0.1, 0.15) is 78.9 Å². The second-order valence-corrected chi connectivity index (χ2v) is 35.7. The fourth-order valence-electron chi connectivity index (χ4n) is 16.3. The first-order chi connectivity index (χ1) is 73.0. The molecular formula is C112H114Cl2N20O16. The molecule has 10 heterocycles. The third-order valence-electron chi connectivity index (χ3n) is 24.5. The smallest absolute Gasteiger partial charge is 0.330 e. The van der Waals surface area contributed by atoms with Crippen LogP contribution >= 0.6 is 23.2 Å². The van der Waals surface area contributed by atoms with E-state index in [2.05, 4.69) is 106 Å². The third kappa shape index (κ3) is 30.2. The molecule has 8 aromatic heterocycles. The van der Waals surface area contributed by atoms with E-state index >= 15 is 0 Å². The van der Waals surface area contributed by atoms with Crippen LogP contribution in [0.25, 0.3) is 65.4 Å². The highest BCUT2D eigenvalue weighted by Crippen LogP contribution is 2.39. The average molecular weight is 2070 g/mol. The van der Waals surface area contributed by atoms with Crippen molar-refractivity contribution in [2.45, 2.75) is 72.7 Å². The van der Waals surface area contributed by atoms with Crippen LogP contribution in [-0.4, -0.2) is 226 Å². The van der Waals surface area contributed by atoms with Crippen molar-refractivity contribution in [3.63, 3.8) is 0 Å². The summed E-state index contributed by atoms with van der Waals surface area (Å²) < 4.78 is 55.7. The summed E-state index contributed by atoms with van der Waals surface area (Å²) in [6.07, 6.45) is 12.7. The van der Waals surface area contributed by atoms with Gasteiger partial charge in [0.15, 0.2) is 52.7 Å². The number of hydrogen-bond donors (Lipinski definition) is 8. The van der Waals surface area contributed by atoms with Crippen LogP contribution in [0.5, 0.6) is 46.5 Å². The van der Waals surface area contributed by atoms with Gasteiger partial charge in [0.05, 0.1) is 92.8 Å². The summed E-state index contributed by atoms with van der Waals surface area (Å²) in [4.78, 5) is 122. The number of hydrogen-bond acceptors (Lipinski definition) is 29. The number of anilines is 7. The number of rotatable bonds is 41.